The number of fused-ring (bicyclic) bond motifs is 1. The van der Waals surface area contributed by atoms with Crippen molar-refractivity contribution in [3.05, 3.63) is 46.1 Å². The largest absolute Gasteiger partial charge is 0.284 e. The van der Waals surface area contributed by atoms with Crippen molar-refractivity contribution in [2.24, 2.45) is 0 Å². The Morgan fingerprint density at radius 2 is 2.04 bits per heavy atom. The molecule has 2 heterocycles. The zero-order valence-electron chi connectivity index (χ0n) is 11.7. The Morgan fingerprint density at radius 3 is 2.74 bits per heavy atom. The number of rotatable bonds is 4. The lowest BCUT2D eigenvalue weighted by atomic mass is 10.3. The monoisotopic (exact) mass is 367 g/mol. The molecule has 0 unspecified atom stereocenters. The van der Waals surface area contributed by atoms with Gasteiger partial charge in [0.15, 0.2) is 9.84 Å². The first-order chi connectivity index (χ1) is 10.9. The average Bonchev–Trinajstić information content (AvgIpc) is 2.95. The number of benzene rings is 1. The molecule has 0 aliphatic heterocycles. The summed E-state index contributed by atoms with van der Waals surface area (Å²) in [5.41, 5.74) is -0.264. The topological polar surface area (TPSA) is 103 Å². The first-order valence-electron chi connectivity index (χ1n) is 6.21. The third-order valence-electron chi connectivity index (χ3n) is 2.99. The SMILES string of the molecule is CS(=O)(=O)c1ccc(Sc2ncnc3sccc23)c([N+](=O)[O-])c1. The van der Waals surface area contributed by atoms with E-state index in [2.05, 4.69) is 9.97 Å². The van der Waals surface area contributed by atoms with Crippen LogP contribution >= 0.6 is 23.1 Å². The van der Waals surface area contributed by atoms with E-state index >= 15 is 0 Å². The fourth-order valence-corrected chi connectivity index (χ4v) is 4.30. The van der Waals surface area contributed by atoms with Crippen molar-refractivity contribution in [2.45, 2.75) is 14.8 Å². The number of hydrogen-bond donors (Lipinski definition) is 0. The Balaban J connectivity index is 2.09. The highest BCUT2D eigenvalue weighted by Crippen LogP contribution is 2.38. The van der Waals surface area contributed by atoms with Crippen LogP contribution in [0.3, 0.4) is 0 Å². The van der Waals surface area contributed by atoms with E-state index in [1.807, 2.05) is 11.4 Å². The summed E-state index contributed by atoms with van der Waals surface area (Å²) in [6, 6.07) is 5.71. The first-order valence-corrected chi connectivity index (χ1v) is 9.79. The fraction of sp³-hybridized carbons (Fsp3) is 0.0769. The molecule has 0 aliphatic rings. The van der Waals surface area contributed by atoms with Crippen molar-refractivity contribution in [1.82, 2.24) is 9.97 Å². The molecular weight excluding hydrogens is 358 g/mol. The molecule has 0 aliphatic carbocycles. The van der Waals surface area contributed by atoms with Gasteiger partial charge in [-0.25, -0.2) is 18.4 Å². The van der Waals surface area contributed by atoms with Gasteiger partial charge in [-0.2, -0.15) is 0 Å². The molecule has 3 aromatic rings. The van der Waals surface area contributed by atoms with E-state index in [1.165, 1.54) is 29.8 Å². The standard InChI is InChI=1S/C13H9N3O4S3/c1-23(19,20)8-2-3-11(10(6-8)16(17)18)22-13-9-4-5-21-12(9)14-7-15-13/h2-7H,1H3. The maximum absolute atomic E-state index is 11.6. The van der Waals surface area contributed by atoms with Gasteiger partial charge < -0.3 is 0 Å². The van der Waals surface area contributed by atoms with Gasteiger partial charge in [-0.05, 0) is 23.6 Å². The molecule has 2 aromatic heterocycles. The van der Waals surface area contributed by atoms with Gasteiger partial charge in [-0.3, -0.25) is 10.1 Å². The maximum atomic E-state index is 11.6. The molecule has 7 nitrogen and oxygen atoms in total. The molecule has 0 atom stereocenters. The highest BCUT2D eigenvalue weighted by atomic mass is 32.2. The number of sulfone groups is 1. The Bertz CT molecular complexity index is 1010. The second-order valence-corrected chi connectivity index (χ2v) is 8.52. The van der Waals surface area contributed by atoms with Crippen molar-refractivity contribution >= 4 is 48.8 Å². The van der Waals surface area contributed by atoms with E-state index in [-0.39, 0.29) is 10.6 Å². The lowest BCUT2D eigenvalue weighted by Gasteiger charge is -2.05. The van der Waals surface area contributed by atoms with E-state index in [9.17, 15) is 18.5 Å². The molecule has 1 aromatic carbocycles. The van der Waals surface area contributed by atoms with Crippen molar-refractivity contribution in [1.29, 1.82) is 0 Å². The van der Waals surface area contributed by atoms with Crippen molar-refractivity contribution in [2.75, 3.05) is 6.26 Å². The molecule has 0 bridgehead atoms. The quantitative estimate of drug-likeness (QED) is 0.396. The molecule has 0 amide bonds. The zero-order chi connectivity index (χ0) is 16.6. The van der Waals surface area contributed by atoms with Gasteiger partial charge in [-0.15, -0.1) is 11.3 Å². The van der Waals surface area contributed by atoms with Gasteiger partial charge in [0.2, 0.25) is 0 Å². The zero-order valence-corrected chi connectivity index (χ0v) is 14.1. The van der Waals surface area contributed by atoms with Gasteiger partial charge in [0.25, 0.3) is 5.69 Å². The van der Waals surface area contributed by atoms with Crippen LogP contribution in [0.5, 0.6) is 0 Å². The molecule has 0 radical (unpaired) electrons. The van der Waals surface area contributed by atoms with Crippen LogP contribution in [0.15, 0.2) is 50.8 Å². The number of hydrogen-bond acceptors (Lipinski definition) is 8. The number of nitrogens with zero attached hydrogens (tertiary/aromatic N) is 3. The maximum Gasteiger partial charge on any atom is 0.284 e. The van der Waals surface area contributed by atoms with E-state index < -0.39 is 14.8 Å². The molecule has 0 saturated heterocycles. The van der Waals surface area contributed by atoms with E-state index in [0.717, 1.165) is 34.3 Å². The minimum absolute atomic E-state index is 0.0862. The molecule has 118 valence electrons. The summed E-state index contributed by atoms with van der Waals surface area (Å²) in [5.74, 6) is 0. The predicted octanol–water partition coefficient (Wildman–Crippen LogP) is 3.15. The summed E-state index contributed by atoms with van der Waals surface area (Å²) in [7, 11) is -3.51. The molecule has 0 fully saturated rings. The van der Waals surface area contributed by atoms with Crippen molar-refractivity contribution < 1.29 is 13.3 Å². The van der Waals surface area contributed by atoms with Crippen LogP contribution in [0, 0.1) is 10.1 Å². The Hall–Kier alpha value is -2.04. The smallest absolute Gasteiger partial charge is 0.258 e. The van der Waals surface area contributed by atoms with Crippen LogP contribution in [0.1, 0.15) is 0 Å². The predicted molar refractivity (Wildman–Crippen MR) is 87.7 cm³/mol. The second kappa shape index (κ2) is 5.87. The minimum Gasteiger partial charge on any atom is -0.258 e. The third-order valence-corrected chi connectivity index (χ3v) is 6.00. The first kappa shape index (κ1) is 15.8. The summed E-state index contributed by atoms with van der Waals surface area (Å²) >= 11 is 2.57. The summed E-state index contributed by atoms with van der Waals surface area (Å²) in [6.07, 6.45) is 2.41. The molecule has 0 spiro atoms. The Kier molecular flexibility index (Phi) is 4.04. The molecule has 0 saturated carbocycles. The van der Waals surface area contributed by atoms with Gasteiger partial charge in [0, 0.05) is 17.7 Å². The van der Waals surface area contributed by atoms with E-state index in [4.69, 9.17) is 0 Å². The summed E-state index contributed by atoms with van der Waals surface area (Å²) in [5, 5.41) is 14.5. The summed E-state index contributed by atoms with van der Waals surface area (Å²) < 4.78 is 23.1. The lowest BCUT2D eigenvalue weighted by molar-refractivity contribution is -0.388. The highest BCUT2D eigenvalue weighted by Gasteiger charge is 2.20. The van der Waals surface area contributed by atoms with Gasteiger partial charge in [-0.1, -0.05) is 11.8 Å². The number of nitro groups is 1. The van der Waals surface area contributed by atoms with Crippen LogP contribution in [0.25, 0.3) is 10.2 Å². The van der Waals surface area contributed by atoms with Crippen LogP contribution in [-0.4, -0.2) is 29.6 Å². The fourth-order valence-electron chi connectivity index (χ4n) is 1.91. The van der Waals surface area contributed by atoms with Crippen LogP contribution in [0.2, 0.25) is 0 Å². The van der Waals surface area contributed by atoms with Crippen LogP contribution in [0.4, 0.5) is 5.69 Å². The number of nitro benzene ring substituents is 1. The molecule has 0 N–H and O–H groups in total. The van der Waals surface area contributed by atoms with Gasteiger partial charge in [0.1, 0.15) is 16.2 Å². The van der Waals surface area contributed by atoms with Crippen LogP contribution in [-0.2, 0) is 9.84 Å². The second-order valence-electron chi connectivity index (χ2n) is 4.58. The summed E-state index contributed by atoms with van der Waals surface area (Å²) in [6.45, 7) is 0. The number of aromatic nitrogens is 2. The molecular formula is C13H9N3O4S3. The van der Waals surface area contributed by atoms with E-state index in [0.29, 0.717) is 9.92 Å². The molecule has 10 heteroatoms. The Morgan fingerprint density at radius 1 is 1.26 bits per heavy atom. The Labute approximate surface area is 139 Å². The van der Waals surface area contributed by atoms with Crippen LogP contribution < -0.4 is 0 Å². The minimum atomic E-state index is -3.51. The van der Waals surface area contributed by atoms with Crippen molar-refractivity contribution in [3.8, 4) is 0 Å². The molecule has 23 heavy (non-hydrogen) atoms. The van der Waals surface area contributed by atoms with E-state index in [1.54, 1.807) is 0 Å². The van der Waals surface area contributed by atoms with Gasteiger partial charge in [0.05, 0.1) is 14.7 Å². The summed E-state index contributed by atoms with van der Waals surface area (Å²) in [4.78, 5) is 20.0. The lowest BCUT2D eigenvalue weighted by Crippen LogP contribution is -1.99. The normalized spacial score (nSPS) is 11.7. The van der Waals surface area contributed by atoms with Crippen molar-refractivity contribution in [3.63, 3.8) is 0 Å². The molecule has 3 rings (SSSR count). The average molecular weight is 367 g/mol. The van der Waals surface area contributed by atoms with Gasteiger partial charge >= 0.3 is 0 Å². The highest BCUT2D eigenvalue weighted by molar-refractivity contribution is 7.99. The number of thiophene rings is 1. The third kappa shape index (κ3) is 3.19.